The van der Waals surface area contributed by atoms with Crippen LogP contribution in [0, 0.1) is 13.8 Å². The number of hydrogen-bond donors (Lipinski definition) is 0. The van der Waals surface area contributed by atoms with Crippen molar-refractivity contribution in [3.05, 3.63) is 65.2 Å². The van der Waals surface area contributed by atoms with E-state index < -0.39 is 0 Å². The molecule has 2 nitrogen and oxygen atoms in total. The van der Waals surface area contributed by atoms with Crippen LogP contribution in [0.2, 0.25) is 0 Å². The Kier molecular flexibility index (Phi) is 50.0. The van der Waals surface area contributed by atoms with Gasteiger partial charge in [-0.15, -0.1) is 0 Å². The van der Waals surface area contributed by atoms with E-state index in [9.17, 15) is 4.79 Å². The number of aliphatic imine (C=N–C) groups is 1. The number of benzene rings is 2. The number of para-hydroxylation sites is 1. The number of aryl methyl sites for hydroxylation is 2. The summed E-state index contributed by atoms with van der Waals surface area (Å²) in [7, 11) is 0. The maximum absolute atomic E-state index is 9.81. The van der Waals surface area contributed by atoms with E-state index >= 15 is 0 Å². The van der Waals surface area contributed by atoms with Crippen LogP contribution in [0.1, 0.15) is 171 Å². The molecule has 0 radical (unpaired) electrons. The van der Waals surface area contributed by atoms with Crippen LogP contribution in [-0.4, -0.2) is 11.5 Å². The minimum absolute atomic E-state index is 0.255. The summed E-state index contributed by atoms with van der Waals surface area (Å²) in [5.41, 5.74) is 5.77. The zero-order valence-corrected chi connectivity index (χ0v) is 30.5. The molecule has 2 aromatic carbocycles. The van der Waals surface area contributed by atoms with E-state index in [1.165, 1.54) is 74.5 Å². The molecule has 41 heavy (non-hydrogen) atoms. The van der Waals surface area contributed by atoms with Gasteiger partial charge in [0.05, 0.1) is 5.69 Å². The molecular weight excluding hydrogens is 498 g/mol. The highest BCUT2D eigenvalue weighted by Crippen LogP contribution is 2.19. The van der Waals surface area contributed by atoms with Crippen molar-refractivity contribution >= 4 is 17.2 Å². The molecule has 0 unspecified atom stereocenters. The summed E-state index contributed by atoms with van der Waals surface area (Å²) in [6, 6.07) is 16.6. The van der Waals surface area contributed by atoms with Gasteiger partial charge in [-0.05, 0) is 44.9 Å². The van der Waals surface area contributed by atoms with Crippen LogP contribution in [0.5, 0.6) is 0 Å². The monoisotopic (exact) mass is 572 g/mol. The molecule has 240 valence electrons. The van der Waals surface area contributed by atoms with Crippen LogP contribution in [0.15, 0.2) is 53.5 Å². The second-order valence-electron chi connectivity index (χ2n) is 9.47. The Balaban J connectivity index is -0.000000150. The maximum atomic E-state index is 9.81. The van der Waals surface area contributed by atoms with Gasteiger partial charge in [0.2, 0.25) is 0 Å². The van der Waals surface area contributed by atoms with Crippen molar-refractivity contribution in [1.82, 2.24) is 0 Å². The zero-order chi connectivity index (χ0) is 32.9. The summed E-state index contributed by atoms with van der Waals surface area (Å²) in [6.45, 7) is 30.9. The number of ketones is 1. The van der Waals surface area contributed by atoms with Gasteiger partial charge in [0.15, 0.2) is 0 Å². The van der Waals surface area contributed by atoms with Gasteiger partial charge in [-0.1, -0.05) is 182 Å². The van der Waals surface area contributed by atoms with Gasteiger partial charge in [-0.2, -0.15) is 0 Å². The van der Waals surface area contributed by atoms with Crippen LogP contribution in [0.25, 0.3) is 0 Å². The fraction of sp³-hybridized carbons (Fsp3) is 0.641. The third-order valence-electron chi connectivity index (χ3n) is 5.50. The molecule has 0 fully saturated rings. The largest absolute Gasteiger partial charge is 0.300 e. The molecule has 2 rings (SSSR count). The second kappa shape index (κ2) is 42.2. The first-order chi connectivity index (χ1) is 19.7. The predicted molar refractivity (Wildman–Crippen MR) is 193 cm³/mol. The molecule has 0 spiro atoms. The first-order valence-electron chi connectivity index (χ1n) is 16.9. The van der Waals surface area contributed by atoms with E-state index in [0.717, 1.165) is 11.4 Å². The lowest BCUT2D eigenvalue weighted by atomic mass is 10.1. The highest BCUT2D eigenvalue weighted by Gasteiger charge is 1.99. The van der Waals surface area contributed by atoms with Crippen LogP contribution < -0.4 is 0 Å². The fourth-order valence-corrected chi connectivity index (χ4v) is 2.66. The molecule has 0 heterocycles. The van der Waals surface area contributed by atoms with Gasteiger partial charge >= 0.3 is 0 Å². The summed E-state index contributed by atoms with van der Waals surface area (Å²) >= 11 is 0. The Morgan fingerprint density at radius 1 is 0.610 bits per heavy atom. The SMILES string of the molecule is CC.CC.CC(=Nc1ccccc1C)c1cccc(C)c1.CCC(C)=O.CCCC.CCCCC.CCCCCC. The Hall–Kier alpha value is -2.22. The highest BCUT2D eigenvalue weighted by molar-refractivity contribution is 6.00. The molecule has 0 aromatic heterocycles. The Bertz CT molecular complexity index is 784. The molecule has 0 saturated heterocycles. The van der Waals surface area contributed by atoms with Crippen molar-refractivity contribution in [3.63, 3.8) is 0 Å². The van der Waals surface area contributed by atoms with Crippen LogP contribution in [-0.2, 0) is 4.79 Å². The molecule has 0 bridgehead atoms. The van der Waals surface area contributed by atoms with Crippen LogP contribution in [0.3, 0.4) is 0 Å². The summed E-state index contributed by atoms with van der Waals surface area (Å²) in [4.78, 5) is 14.5. The van der Waals surface area contributed by atoms with Crippen LogP contribution >= 0.6 is 0 Å². The lowest BCUT2D eigenvalue weighted by Gasteiger charge is -2.04. The molecule has 0 aliphatic carbocycles. The van der Waals surface area contributed by atoms with Gasteiger partial charge < -0.3 is 4.79 Å². The van der Waals surface area contributed by atoms with Crippen molar-refractivity contribution in [2.45, 2.75) is 168 Å². The van der Waals surface area contributed by atoms with E-state index in [2.05, 4.69) is 104 Å². The maximum Gasteiger partial charge on any atom is 0.129 e. The summed E-state index contributed by atoms with van der Waals surface area (Å²) in [6.07, 6.45) is 12.9. The second-order valence-corrected chi connectivity index (χ2v) is 9.47. The van der Waals surface area contributed by atoms with E-state index in [1.807, 2.05) is 46.8 Å². The van der Waals surface area contributed by atoms with Gasteiger partial charge in [-0.3, -0.25) is 4.99 Å². The summed E-state index contributed by atoms with van der Waals surface area (Å²) in [5.74, 6) is 0.255. The molecule has 0 atom stereocenters. The fourth-order valence-electron chi connectivity index (χ4n) is 2.66. The number of rotatable bonds is 9. The summed E-state index contributed by atoms with van der Waals surface area (Å²) in [5, 5.41) is 0. The summed E-state index contributed by atoms with van der Waals surface area (Å²) < 4.78 is 0. The normalized spacial score (nSPS) is 9.10. The Morgan fingerprint density at radius 2 is 1.05 bits per heavy atom. The minimum atomic E-state index is 0.255. The Morgan fingerprint density at radius 3 is 1.37 bits per heavy atom. The van der Waals surface area contributed by atoms with E-state index in [1.54, 1.807) is 6.92 Å². The molecule has 0 saturated carbocycles. The molecule has 0 amide bonds. The number of nitrogens with zero attached hydrogens (tertiary/aromatic N) is 1. The van der Waals surface area contributed by atoms with Gasteiger partial charge in [-0.25, -0.2) is 0 Å². The molecule has 0 N–H and O–H groups in total. The number of carbonyl (C=O) groups excluding carboxylic acids is 1. The first kappa shape index (κ1) is 48.5. The van der Waals surface area contributed by atoms with Crippen molar-refractivity contribution in [3.8, 4) is 0 Å². The van der Waals surface area contributed by atoms with Gasteiger partial charge in [0, 0.05) is 12.1 Å². The number of hydrogen-bond acceptors (Lipinski definition) is 2. The standard InChI is InChI=1S/C16H17N.C6H14.C5H12.C4H8O.C4H10.2C2H6/c1-12-7-6-9-15(11-12)14(3)17-16-10-5-4-8-13(16)2;1-3-5-6-4-2;1-3-5-4-2;1-3-4(2)5;1-3-4-2;2*1-2/h4-11H,1-3H3;3-6H2,1-2H3;3-5H2,1-2H3;3H2,1-2H3;3-4H2,1-2H3;2*1-2H3. The third-order valence-corrected chi connectivity index (χ3v) is 5.50. The van der Waals surface area contributed by atoms with Crippen molar-refractivity contribution in [2.24, 2.45) is 4.99 Å². The van der Waals surface area contributed by atoms with E-state index in [-0.39, 0.29) is 5.78 Å². The van der Waals surface area contributed by atoms with E-state index in [0.29, 0.717) is 6.42 Å². The Labute approximate surface area is 259 Å². The number of Topliss-reactive ketones (excluding diaryl/α,β-unsaturated/α-hetero) is 1. The van der Waals surface area contributed by atoms with Gasteiger partial charge in [0.25, 0.3) is 0 Å². The minimum Gasteiger partial charge on any atom is -0.300 e. The van der Waals surface area contributed by atoms with Crippen molar-refractivity contribution < 1.29 is 4.79 Å². The quantitative estimate of drug-likeness (QED) is 0.217. The van der Waals surface area contributed by atoms with Gasteiger partial charge in [0.1, 0.15) is 5.78 Å². The lowest BCUT2D eigenvalue weighted by molar-refractivity contribution is -0.116. The van der Waals surface area contributed by atoms with E-state index in [4.69, 9.17) is 0 Å². The first-order valence-corrected chi connectivity index (χ1v) is 16.9. The molecule has 0 aliphatic rings. The number of carbonyl (C=O) groups is 1. The van der Waals surface area contributed by atoms with Crippen molar-refractivity contribution in [1.29, 1.82) is 0 Å². The third kappa shape index (κ3) is 40.0. The molecule has 2 aromatic rings. The molecule has 0 aliphatic heterocycles. The smallest absolute Gasteiger partial charge is 0.129 e. The highest BCUT2D eigenvalue weighted by atomic mass is 16.1. The average molecular weight is 572 g/mol. The average Bonchev–Trinajstić information content (AvgIpc) is 3.00. The number of unbranched alkanes of at least 4 members (excludes halogenated alkanes) is 6. The molecule has 2 heteroatoms. The molecular formula is C39H73NO. The van der Waals surface area contributed by atoms with Crippen molar-refractivity contribution in [2.75, 3.05) is 0 Å². The topological polar surface area (TPSA) is 29.4 Å². The predicted octanol–water partition coefficient (Wildman–Crippen LogP) is 14.1. The zero-order valence-electron chi connectivity index (χ0n) is 30.5. The lowest BCUT2D eigenvalue weighted by Crippen LogP contribution is -1.94. The van der Waals surface area contributed by atoms with Crippen LogP contribution in [0.4, 0.5) is 5.69 Å².